The highest BCUT2D eigenvalue weighted by Gasteiger charge is 2.28. The fraction of sp³-hybridized carbons (Fsp3) is 0.500. The molecule has 3 nitrogen and oxygen atoms in total. The van der Waals surface area contributed by atoms with Gasteiger partial charge in [0, 0.05) is 24.2 Å². The third-order valence-electron chi connectivity index (χ3n) is 3.64. The van der Waals surface area contributed by atoms with E-state index in [0.717, 1.165) is 24.6 Å². The topological polar surface area (TPSA) is 21.7 Å². The van der Waals surface area contributed by atoms with Gasteiger partial charge in [-0.25, -0.2) is 0 Å². The van der Waals surface area contributed by atoms with Crippen LogP contribution in [0.15, 0.2) is 30.4 Å². The lowest BCUT2D eigenvalue weighted by molar-refractivity contribution is 0.271. The standard InChI is InChI=1S/C16H23NO2/c1-12(2)11-17-9-5-6-15(17)14-8-7-13(18-3)10-16(14)19-4/h7-8,10,15H,1,5-6,9,11H2,2-4H3. The van der Waals surface area contributed by atoms with Crippen LogP contribution in [0.3, 0.4) is 0 Å². The van der Waals surface area contributed by atoms with Crippen LogP contribution < -0.4 is 9.47 Å². The monoisotopic (exact) mass is 261 g/mol. The lowest BCUT2D eigenvalue weighted by Crippen LogP contribution is -2.25. The van der Waals surface area contributed by atoms with Crippen molar-refractivity contribution in [1.29, 1.82) is 0 Å². The first kappa shape index (κ1) is 13.9. The summed E-state index contributed by atoms with van der Waals surface area (Å²) in [6.45, 7) is 8.20. The van der Waals surface area contributed by atoms with Crippen LogP contribution in [0, 0.1) is 0 Å². The average molecular weight is 261 g/mol. The van der Waals surface area contributed by atoms with E-state index < -0.39 is 0 Å². The van der Waals surface area contributed by atoms with E-state index in [1.165, 1.54) is 24.0 Å². The zero-order valence-corrected chi connectivity index (χ0v) is 12.1. The molecule has 0 aromatic heterocycles. The zero-order valence-electron chi connectivity index (χ0n) is 12.1. The molecule has 1 heterocycles. The summed E-state index contributed by atoms with van der Waals surface area (Å²) in [6, 6.07) is 6.53. The number of ether oxygens (including phenoxy) is 2. The van der Waals surface area contributed by atoms with Crippen molar-refractivity contribution in [2.24, 2.45) is 0 Å². The molecule has 1 atom stereocenters. The third kappa shape index (κ3) is 3.10. The largest absolute Gasteiger partial charge is 0.497 e. The molecule has 3 heteroatoms. The first-order valence-electron chi connectivity index (χ1n) is 6.76. The van der Waals surface area contributed by atoms with Gasteiger partial charge in [0.1, 0.15) is 11.5 Å². The van der Waals surface area contributed by atoms with Crippen LogP contribution in [0.4, 0.5) is 0 Å². The molecule has 0 bridgehead atoms. The molecule has 19 heavy (non-hydrogen) atoms. The fourth-order valence-corrected chi connectivity index (χ4v) is 2.81. The lowest BCUT2D eigenvalue weighted by atomic mass is 10.0. The molecule has 1 saturated heterocycles. The Balaban J connectivity index is 2.27. The number of likely N-dealkylation sites (tertiary alicyclic amines) is 1. The summed E-state index contributed by atoms with van der Waals surface area (Å²) in [6.07, 6.45) is 2.41. The van der Waals surface area contributed by atoms with Crippen LogP contribution in [-0.2, 0) is 0 Å². The summed E-state index contributed by atoms with van der Waals surface area (Å²) >= 11 is 0. The SMILES string of the molecule is C=C(C)CN1CCCC1c1ccc(OC)cc1OC. The highest BCUT2D eigenvalue weighted by molar-refractivity contribution is 5.43. The Bertz CT molecular complexity index is 456. The smallest absolute Gasteiger partial charge is 0.127 e. The van der Waals surface area contributed by atoms with Crippen LogP contribution in [0.25, 0.3) is 0 Å². The maximum absolute atomic E-state index is 5.52. The molecule has 1 aliphatic heterocycles. The Morgan fingerprint density at radius 1 is 1.37 bits per heavy atom. The Morgan fingerprint density at radius 2 is 2.16 bits per heavy atom. The summed E-state index contributed by atoms with van der Waals surface area (Å²) in [4.78, 5) is 2.48. The van der Waals surface area contributed by atoms with E-state index in [9.17, 15) is 0 Å². The van der Waals surface area contributed by atoms with Crippen molar-refractivity contribution >= 4 is 0 Å². The second kappa shape index (κ2) is 6.11. The summed E-state index contributed by atoms with van der Waals surface area (Å²) < 4.78 is 10.8. The van der Waals surface area contributed by atoms with Crippen molar-refractivity contribution in [2.45, 2.75) is 25.8 Å². The molecule has 1 aromatic rings. The van der Waals surface area contributed by atoms with Crippen molar-refractivity contribution < 1.29 is 9.47 Å². The second-order valence-corrected chi connectivity index (χ2v) is 5.19. The van der Waals surface area contributed by atoms with Gasteiger partial charge in [-0.1, -0.05) is 18.2 Å². The minimum Gasteiger partial charge on any atom is -0.497 e. The van der Waals surface area contributed by atoms with Crippen molar-refractivity contribution in [3.63, 3.8) is 0 Å². The maximum Gasteiger partial charge on any atom is 0.127 e. The van der Waals surface area contributed by atoms with Crippen LogP contribution >= 0.6 is 0 Å². The molecule has 104 valence electrons. The van der Waals surface area contributed by atoms with Crippen LogP contribution in [0.1, 0.15) is 31.4 Å². The normalized spacial score (nSPS) is 19.4. The van der Waals surface area contributed by atoms with Gasteiger partial charge in [-0.2, -0.15) is 0 Å². The second-order valence-electron chi connectivity index (χ2n) is 5.19. The van der Waals surface area contributed by atoms with E-state index in [1.807, 2.05) is 12.1 Å². The van der Waals surface area contributed by atoms with Gasteiger partial charge >= 0.3 is 0 Å². The van der Waals surface area contributed by atoms with Crippen LogP contribution in [-0.4, -0.2) is 32.2 Å². The van der Waals surface area contributed by atoms with Crippen molar-refractivity contribution in [1.82, 2.24) is 4.90 Å². The number of benzene rings is 1. The number of methoxy groups -OCH3 is 2. The minimum absolute atomic E-state index is 0.428. The number of rotatable bonds is 5. The third-order valence-corrected chi connectivity index (χ3v) is 3.64. The van der Waals surface area contributed by atoms with Crippen molar-refractivity contribution in [3.05, 3.63) is 35.9 Å². The van der Waals surface area contributed by atoms with Crippen molar-refractivity contribution in [2.75, 3.05) is 27.3 Å². The van der Waals surface area contributed by atoms with Gasteiger partial charge in [-0.15, -0.1) is 0 Å². The maximum atomic E-state index is 5.52. The molecule has 1 unspecified atom stereocenters. The van der Waals surface area contributed by atoms with Gasteiger partial charge in [0.15, 0.2) is 0 Å². The molecule has 2 rings (SSSR count). The molecule has 0 N–H and O–H groups in total. The zero-order chi connectivity index (χ0) is 13.8. The van der Waals surface area contributed by atoms with E-state index >= 15 is 0 Å². The molecular weight excluding hydrogens is 238 g/mol. The Hall–Kier alpha value is -1.48. The summed E-state index contributed by atoms with van der Waals surface area (Å²) in [5.41, 5.74) is 2.46. The quantitative estimate of drug-likeness (QED) is 0.758. The number of hydrogen-bond donors (Lipinski definition) is 0. The van der Waals surface area contributed by atoms with Gasteiger partial charge < -0.3 is 9.47 Å². The molecule has 0 saturated carbocycles. The van der Waals surface area contributed by atoms with Gasteiger partial charge in [-0.05, 0) is 32.4 Å². The average Bonchev–Trinajstić information content (AvgIpc) is 2.85. The van der Waals surface area contributed by atoms with E-state index in [2.05, 4.69) is 24.5 Å². The van der Waals surface area contributed by atoms with Crippen molar-refractivity contribution in [3.8, 4) is 11.5 Å². The summed E-state index contributed by atoms with van der Waals surface area (Å²) in [7, 11) is 3.40. The molecule has 0 radical (unpaired) electrons. The van der Waals surface area contributed by atoms with Gasteiger partial charge in [0.25, 0.3) is 0 Å². The van der Waals surface area contributed by atoms with E-state index in [4.69, 9.17) is 9.47 Å². The summed E-state index contributed by atoms with van der Waals surface area (Å²) in [5, 5.41) is 0. The molecule has 0 aliphatic carbocycles. The van der Waals surface area contributed by atoms with Gasteiger partial charge in [0.2, 0.25) is 0 Å². The molecule has 1 fully saturated rings. The first-order chi connectivity index (χ1) is 9.15. The van der Waals surface area contributed by atoms with E-state index in [0.29, 0.717) is 6.04 Å². The lowest BCUT2D eigenvalue weighted by Gasteiger charge is -2.26. The van der Waals surface area contributed by atoms with Crippen LogP contribution in [0.5, 0.6) is 11.5 Å². The first-order valence-corrected chi connectivity index (χ1v) is 6.76. The predicted octanol–water partition coefficient (Wildman–Crippen LogP) is 3.42. The number of nitrogens with zero attached hydrogens (tertiary/aromatic N) is 1. The van der Waals surface area contributed by atoms with Crippen LogP contribution in [0.2, 0.25) is 0 Å². The van der Waals surface area contributed by atoms with E-state index in [-0.39, 0.29) is 0 Å². The minimum atomic E-state index is 0.428. The highest BCUT2D eigenvalue weighted by Crippen LogP contribution is 2.38. The molecule has 0 amide bonds. The number of hydrogen-bond acceptors (Lipinski definition) is 3. The van der Waals surface area contributed by atoms with Gasteiger partial charge in [0.05, 0.1) is 14.2 Å². The Labute approximate surface area is 115 Å². The van der Waals surface area contributed by atoms with E-state index in [1.54, 1.807) is 14.2 Å². The summed E-state index contributed by atoms with van der Waals surface area (Å²) in [5.74, 6) is 1.75. The Kier molecular flexibility index (Phi) is 4.48. The predicted molar refractivity (Wildman–Crippen MR) is 77.9 cm³/mol. The molecule has 1 aromatic carbocycles. The van der Waals surface area contributed by atoms with Gasteiger partial charge in [-0.3, -0.25) is 4.90 Å². The molecule has 1 aliphatic rings. The molecule has 0 spiro atoms. The fourth-order valence-electron chi connectivity index (χ4n) is 2.81. The highest BCUT2D eigenvalue weighted by atomic mass is 16.5. The molecular formula is C16H23NO2. The Morgan fingerprint density at radius 3 is 2.79 bits per heavy atom.